The van der Waals surface area contributed by atoms with Gasteiger partial charge in [0.05, 0.1) is 0 Å². The second-order valence-corrected chi connectivity index (χ2v) is 5.90. The second kappa shape index (κ2) is 7.33. The van der Waals surface area contributed by atoms with Crippen LogP contribution >= 0.6 is 15.9 Å². The maximum absolute atomic E-state index is 11.9. The fourth-order valence-corrected chi connectivity index (χ4v) is 2.64. The molecule has 1 heterocycles. The van der Waals surface area contributed by atoms with E-state index in [-0.39, 0.29) is 5.91 Å². The van der Waals surface area contributed by atoms with E-state index < -0.39 is 0 Å². The highest BCUT2D eigenvalue weighted by Crippen LogP contribution is 2.30. The van der Waals surface area contributed by atoms with Crippen LogP contribution in [0, 0.1) is 0 Å². The number of hydrogen-bond donors (Lipinski definition) is 1. The van der Waals surface area contributed by atoms with Crippen molar-refractivity contribution >= 4 is 27.9 Å². The van der Waals surface area contributed by atoms with E-state index >= 15 is 0 Å². The molecule has 0 saturated carbocycles. The summed E-state index contributed by atoms with van der Waals surface area (Å²) in [5.74, 6) is 1.34. The molecule has 1 N–H and O–H groups in total. The third kappa shape index (κ3) is 4.13. The van der Waals surface area contributed by atoms with E-state index in [0.29, 0.717) is 19.8 Å². The van der Waals surface area contributed by atoms with E-state index in [1.165, 1.54) is 6.08 Å². The van der Waals surface area contributed by atoms with Crippen LogP contribution < -0.4 is 14.8 Å². The predicted octanol–water partition coefficient (Wildman–Crippen LogP) is 3.55. The molecular weight excluding hydrogens is 358 g/mol. The molecule has 1 aliphatic heterocycles. The molecule has 1 aliphatic rings. The van der Waals surface area contributed by atoms with E-state index in [4.69, 9.17) is 9.47 Å². The first-order valence-corrected chi connectivity index (χ1v) is 8.10. The molecule has 0 aliphatic carbocycles. The molecule has 2 aromatic carbocycles. The van der Waals surface area contributed by atoms with Gasteiger partial charge in [0.25, 0.3) is 0 Å². The summed E-state index contributed by atoms with van der Waals surface area (Å²) in [4.78, 5) is 11.9. The molecule has 2 aromatic rings. The first-order valence-electron chi connectivity index (χ1n) is 7.31. The van der Waals surface area contributed by atoms with Gasteiger partial charge in [0.2, 0.25) is 5.91 Å². The first kappa shape index (κ1) is 15.6. The molecule has 0 atom stereocenters. The maximum Gasteiger partial charge on any atom is 0.244 e. The lowest BCUT2D eigenvalue weighted by Gasteiger charge is -2.18. The predicted molar refractivity (Wildman–Crippen MR) is 92.5 cm³/mol. The Kier molecular flexibility index (Phi) is 4.98. The lowest BCUT2D eigenvalue weighted by atomic mass is 10.2. The summed E-state index contributed by atoms with van der Waals surface area (Å²) < 4.78 is 12.0. The highest BCUT2D eigenvalue weighted by molar-refractivity contribution is 9.10. The minimum Gasteiger partial charge on any atom is -0.486 e. The number of benzene rings is 2. The monoisotopic (exact) mass is 373 g/mol. The minimum atomic E-state index is -0.143. The van der Waals surface area contributed by atoms with E-state index in [9.17, 15) is 4.79 Å². The summed E-state index contributed by atoms with van der Waals surface area (Å²) >= 11 is 3.45. The lowest BCUT2D eigenvalue weighted by molar-refractivity contribution is -0.116. The van der Waals surface area contributed by atoms with Crippen molar-refractivity contribution in [1.29, 1.82) is 0 Å². The molecule has 0 unspecified atom stereocenters. The Morgan fingerprint density at radius 3 is 2.74 bits per heavy atom. The average molecular weight is 374 g/mol. The number of halogens is 1. The molecule has 0 aromatic heterocycles. The quantitative estimate of drug-likeness (QED) is 0.833. The topological polar surface area (TPSA) is 47.6 Å². The van der Waals surface area contributed by atoms with Gasteiger partial charge in [-0.15, -0.1) is 0 Å². The Morgan fingerprint density at radius 1 is 1.13 bits per heavy atom. The van der Waals surface area contributed by atoms with Gasteiger partial charge in [0, 0.05) is 17.1 Å². The van der Waals surface area contributed by atoms with Gasteiger partial charge in [-0.1, -0.05) is 40.2 Å². The van der Waals surface area contributed by atoms with Crippen molar-refractivity contribution in [2.45, 2.75) is 6.54 Å². The molecule has 0 radical (unpaired) electrons. The van der Waals surface area contributed by atoms with Crippen molar-refractivity contribution in [1.82, 2.24) is 5.32 Å². The van der Waals surface area contributed by atoms with Gasteiger partial charge < -0.3 is 14.8 Å². The van der Waals surface area contributed by atoms with Gasteiger partial charge in [-0.05, 0) is 35.4 Å². The van der Waals surface area contributed by atoms with Crippen LogP contribution in [-0.4, -0.2) is 19.1 Å². The summed E-state index contributed by atoms with van der Waals surface area (Å²) in [7, 11) is 0. The Morgan fingerprint density at radius 2 is 1.91 bits per heavy atom. The van der Waals surface area contributed by atoms with Crippen molar-refractivity contribution in [2.24, 2.45) is 0 Å². The van der Waals surface area contributed by atoms with Crippen LogP contribution in [-0.2, 0) is 11.3 Å². The molecule has 118 valence electrons. The van der Waals surface area contributed by atoms with Crippen molar-refractivity contribution in [3.63, 3.8) is 0 Å². The molecule has 1 amide bonds. The molecule has 0 fully saturated rings. The van der Waals surface area contributed by atoms with E-state index in [1.807, 2.05) is 42.5 Å². The number of carbonyl (C=O) groups is 1. The molecule has 4 nitrogen and oxygen atoms in total. The van der Waals surface area contributed by atoms with Crippen molar-refractivity contribution < 1.29 is 14.3 Å². The lowest BCUT2D eigenvalue weighted by Crippen LogP contribution is -2.21. The van der Waals surface area contributed by atoms with E-state index in [2.05, 4.69) is 21.2 Å². The summed E-state index contributed by atoms with van der Waals surface area (Å²) in [5.41, 5.74) is 1.93. The van der Waals surface area contributed by atoms with Crippen molar-refractivity contribution in [3.8, 4) is 11.5 Å². The molecule has 3 rings (SSSR count). The van der Waals surface area contributed by atoms with E-state index in [1.54, 1.807) is 6.08 Å². The zero-order chi connectivity index (χ0) is 16.1. The van der Waals surface area contributed by atoms with Gasteiger partial charge in [0.1, 0.15) is 13.2 Å². The Hall–Kier alpha value is -2.27. The summed E-state index contributed by atoms with van der Waals surface area (Å²) in [5, 5.41) is 2.86. The fourth-order valence-electron chi connectivity index (χ4n) is 2.22. The molecule has 5 heteroatoms. The SMILES string of the molecule is O=C(/C=C/c1ccccc1Br)NCc1ccc2c(c1)OCCO2. The maximum atomic E-state index is 11.9. The van der Waals surface area contributed by atoms with Crippen LogP contribution in [0.5, 0.6) is 11.5 Å². The van der Waals surface area contributed by atoms with Crippen molar-refractivity contribution in [3.05, 3.63) is 64.1 Å². The zero-order valence-corrected chi connectivity index (χ0v) is 14.0. The summed E-state index contributed by atoms with van der Waals surface area (Å²) in [6.45, 7) is 1.57. The Bertz CT molecular complexity index is 743. The average Bonchev–Trinajstić information content (AvgIpc) is 2.59. The molecule has 23 heavy (non-hydrogen) atoms. The number of fused-ring (bicyclic) bond motifs is 1. The Labute approximate surface area is 143 Å². The molecular formula is C18H16BrNO3. The molecule has 0 bridgehead atoms. The minimum absolute atomic E-state index is 0.143. The van der Waals surface area contributed by atoms with Crippen LogP contribution in [0.2, 0.25) is 0 Å². The van der Waals surface area contributed by atoms with Crippen LogP contribution in [0.1, 0.15) is 11.1 Å². The van der Waals surface area contributed by atoms with E-state index in [0.717, 1.165) is 27.1 Å². The van der Waals surface area contributed by atoms with Crippen LogP contribution in [0.15, 0.2) is 53.0 Å². The number of ether oxygens (including phenoxy) is 2. The van der Waals surface area contributed by atoms with Crippen molar-refractivity contribution in [2.75, 3.05) is 13.2 Å². The fraction of sp³-hybridized carbons (Fsp3) is 0.167. The molecule has 0 spiro atoms. The number of hydrogen-bond acceptors (Lipinski definition) is 3. The normalized spacial score (nSPS) is 13.1. The van der Waals surface area contributed by atoms with Gasteiger partial charge >= 0.3 is 0 Å². The number of rotatable bonds is 4. The van der Waals surface area contributed by atoms with Crippen LogP contribution in [0.4, 0.5) is 0 Å². The van der Waals surface area contributed by atoms with Crippen LogP contribution in [0.3, 0.4) is 0 Å². The third-order valence-corrected chi connectivity index (χ3v) is 4.11. The summed E-state index contributed by atoms with van der Waals surface area (Å²) in [6, 6.07) is 13.4. The Balaban J connectivity index is 1.58. The largest absolute Gasteiger partial charge is 0.486 e. The van der Waals surface area contributed by atoms with Gasteiger partial charge in [-0.3, -0.25) is 4.79 Å². The third-order valence-electron chi connectivity index (χ3n) is 3.39. The van der Waals surface area contributed by atoms with Gasteiger partial charge in [0.15, 0.2) is 11.5 Å². The second-order valence-electron chi connectivity index (χ2n) is 5.05. The smallest absolute Gasteiger partial charge is 0.244 e. The highest BCUT2D eigenvalue weighted by atomic mass is 79.9. The number of carbonyl (C=O) groups excluding carboxylic acids is 1. The standard InChI is InChI=1S/C18H16BrNO3/c19-15-4-2-1-3-14(15)6-8-18(21)20-12-13-5-7-16-17(11-13)23-10-9-22-16/h1-8,11H,9-10,12H2,(H,20,21)/b8-6+. The highest BCUT2D eigenvalue weighted by Gasteiger charge is 2.11. The zero-order valence-electron chi connectivity index (χ0n) is 12.4. The first-order chi connectivity index (χ1) is 11.2. The number of amides is 1. The number of nitrogens with one attached hydrogen (secondary N) is 1. The summed E-state index contributed by atoms with van der Waals surface area (Å²) in [6.07, 6.45) is 3.31. The van der Waals surface area contributed by atoms with Crippen LogP contribution in [0.25, 0.3) is 6.08 Å². The van der Waals surface area contributed by atoms with Gasteiger partial charge in [-0.2, -0.15) is 0 Å². The molecule has 0 saturated heterocycles. The van der Waals surface area contributed by atoms with Gasteiger partial charge in [-0.25, -0.2) is 0 Å².